The van der Waals surface area contributed by atoms with Crippen LogP contribution in [0.5, 0.6) is 0 Å². The molecule has 4 rings (SSSR count). The van der Waals surface area contributed by atoms with E-state index in [-0.39, 0.29) is 5.95 Å². The highest BCUT2D eigenvalue weighted by molar-refractivity contribution is 6.10. The molecule has 4 N–H and O–H groups in total. The number of hydrogen-bond acceptors (Lipinski definition) is 4. The number of hydrogen-bond donors (Lipinski definition) is 2. The van der Waals surface area contributed by atoms with Crippen LogP contribution in [-0.4, -0.2) is 14.5 Å². The van der Waals surface area contributed by atoms with E-state index in [1.807, 2.05) is 6.07 Å². The van der Waals surface area contributed by atoms with Crippen molar-refractivity contribution in [2.24, 2.45) is 0 Å². The maximum absolute atomic E-state index is 6.09. The van der Waals surface area contributed by atoms with Crippen molar-refractivity contribution in [3.05, 3.63) is 59.8 Å². The summed E-state index contributed by atoms with van der Waals surface area (Å²) in [6.45, 7) is 5.22. The van der Waals surface area contributed by atoms with Crippen LogP contribution < -0.4 is 11.5 Å². The van der Waals surface area contributed by atoms with Gasteiger partial charge in [0.05, 0.1) is 10.9 Å². The van der Waals surface area contributed by atoms with E-state index in [1.54, 1.807) is 0 Å². The first kappa shape index (κ1) is 15.4. The molecule has 4 aromatic rings. The van der Waals surface area contributed by atoms with Crippen LogP contribution in [0.1, 0.15) is 30.9 Å². The Balaban J connectivity index is 1.77. The number of nitrogens with two attached hydrogens (primary N) is 2. The van der Waals surface area contributed by atoms with Crippen molar-refractivity contribution in [1.29, 1.82) is 0 Å². The molecule has 0 spiro atoms. The van der Waals surface area contributed by atoms with Gasteiger partial charge in [-0.1, -0.05) is 38.1 Å². The molecule has 0 saturated carbocycles. The van der Waals surface area contributed by atoms with Crippen molar-refractivity contribution >= 4 is 33.6 Å². The molecular formula is C20H21N5. The first-order chi connectivity index (χ1) is 12.0. The number of anilines is 2. The van der Waals surface area contributed by atoms with E-state index in [0.29, 0.717) is 11.7 Å². The normalized spacial score (nSPS) is 11.6. The summed E-state index contributed by atoms with van der Waals surface area (Å²) in [7, 11) is 0. The zero-order chi connectivity index (χ0) is 17.6. The van der Waals surface area contributed by atoms with Crippen molar-refractivity contribution in [3.63, 3.8) is 0 Å². The fourth-order valence-electron chi connectivity index (χ4n) is 3.29. The molecule has 0 bridgehead atoms. The Morgan fingerprint density at radius 2 is 1.72 bits per heavy atom. The number of benzene rings is 2. The van der Waals surface area contributed by atoms with E-state index in [0.717, 1.165) is 28.4 Å². The van der Waals surface area contributed by atoms with E-state index >= 15 is 0 Å². The molecular weight excluding hydrogens is 310 g/mol. The average molecular weight is 331 g/mol. The lowest BCUT2D eigenvalue weighted by Gasteiger charge is -2.10. The van der Waals surface area contributed by atoms with Crippen molar-refractivity contribution in [2.45, 2.75) is 26.3 Å². The van der Waals surface area contributed by atoms with Crippen LogP contribution in [0.25, 0.3) is 21.8 Å². The summed E-state index contributed by atoms with van der Waals surface area (Å²) in [5.41, 5.74) is 16.3. The number of aromatic nitrogens is 3. The highest BCUT2D eigenvalue weighted by atomic mass is 15.0. The van der Waals surface area contributed by atoms with Gasteiger partial charge >= 0.3 is 0 Å². The molecule has 0 amide bonds. The smallest absolute Gasteiger partial charge is 0.222 e. The fourth-order valence-corrected chi connectivity index (χ4v) is 3.29. The van der Waals surface area contributed by atoms with Crippen LogP contribution in [0.15, 0.2) is 48.7 Å². The van der Waals surface area contributed by atoms with Gasteiger partial charge in [-0.25, -0.2) is 4.98 Å². The van der Waals surface area contributed by atoms with Gasteiger partial charge in [0.15, 0.2) is 0 Å². The zero-order valence-electron chi connectivity index (χ0n) is 14.4. The summed E-state index contributed by atoms with van der Waals surface area (Å²) in [4.78, 5) is 8.39. The van der Waals surface area contributed by atoms with Gasteiger partial charge in [-0.05, 0) is 35.2 Å². The Morgan fingerprint density at radius 1 is 0.960 bits per heavy atom. The molecule has 0 aliphatic heterocycles. The molecule has 25 heavy (non-hydrogen) atoms. The number of fused-ring (bicyclic) bond motifs is 3. The molecule has 0 fully saturated rings. The lowest BCUT2D eigenvalue weighted by Crippen LogP contribution is -2.01. The number of nitrogen functional groups attached to an aromatic ring is 2. The first-order valence-electron chi connectivity index (χ1n) is 8.42. The number of rotatable bonds is 3. The predicted octanol–water partition coefficient (Wildman–Crippen LogP) is 3.92. The van der Waals surface area contributed by atoms with Gasteiger partial charge in [0.2, 0.25) is 5.95 Å². The summed E-state index contributed by atoms with van der Waals surface area (Å²) >= 11 is 0. The molecule has 0 aliphatic rings. The van der Waals surface area contributed by atoms with Gasteiger partial charge in [-0.3, -0.25) is 0 Å². The minimum absolute atomic E-state index is 0.203. The topological polar surface area (TPSA) is 82.8 Å². The van der Waals surface area contributed by atoms with Crippen LogP contribution in [0.4, 0.5) is 11.8 Å². The fraction of sp³-hybridized carbons (Fsp3) is 0.200. The molecule has 2 aromatic heterocycles. The Bertz CT molecular complexity index is 1060. The SMILES string of the molecule is CC(C)c1ccc(Cn2ccc3c4c(N)nc(N)nc4ccc32)cc1. The highest BCUT2D eigenvalue weighted by Gasteiger charge is 2.11. The molecule has 126 valence electrons. The molecule has 5 nitrogen and oxygen atoms in total. The van der Waals surface area contributed by atoms with E-state index in [4.69, 9.17) is 11.5 Å². The standard InChI is InChI=1S/C20H21N5/c1-12(2)14-5-3-13(4-6-14)11-25-10-9-15-17(25)8-7-16-18(15)19(21)24-20(22)23-16/h3-10,12H,11H2,1-2H3,(H4,21,22,23,24). The van der Waals surface area contributed by atoms with Gasteiger partial charge in [-0.15, -0.1) is 0 Å². The Labute approximate surface area is 146 Å². The second-order valence-corrected chi connectivity index (χ2v) is 6.70. The quantitative estimate of drug-likeness (QED) is 0.596. The summed E-state index contributed by atoms with van der Waals surface area (Å²) in [6.07, 6.45) is 2.08. The largest absolute Gasteiger partial charge is 0.383 e. The monoisotopic (exact) mass is 331 g/mol. The minimum Gasteiger partial charge on any atom is -0.383 e. The van der Waals surface area contributed by atoms with Crippen molar-refractivity contribution < 1.29 is 0 Å². The molecule has 0 atom stereocenters. The summed E-state index contributed by atoms with van der Waals surface area (Å²) in [5.74, 6) is 1.17. The first-order valence-corrected chi connectivity index (χ1v) is 8.42. The van der Waals surface area contributed by atoms with Gasteiger partial charge in [-0.2, -0.15) is 4.98 Å². The van der Waals surface area contributed by atoms with Crippen LogP contribution in [0.3, 0.4) is 0 Å². The molecule has 0 aliphatic carbocycles. The van der Waals surface area contributed by atoms with Crippen LogP contribution in [0.2, 0.25) is 0 Å². The van der Waals surface area contributed by atoms with Crippen LogP contribution >= 0.6 is 0 Å². The molecule has 2 aromatic carbocycles. The molecule has 0 radical (unpaired) electrons. The van der Waals surface area contributed by atoms with E-state index < -0.39 is 0 Å². The lowest BCUT2D eigenvalue weighted by molar-refractivity contribution is 0.829. The lowest BCUT2D eigenvalue weighted by atomic mass is 10.0. The summed E-state index contributed by atoms with van der Waals surface area (Å²) in [6, 6.07) is 14.9. The average Bonchev–Trinajstić information content (AvgIpc) is 2.97. The Kier molecular flexibility index (Phi) is 3.57. The van der Waals surface area contributed by atoms with Gasteiger partial charge in [0.1, 0.15) is 5.82 Å². The molecule has 0 unspecified atom stereocenters. The minimum atomic E-state index is 0.203. The third-order valence-corrected chi connectivity index (χ3v) is 4.66. The molecule has 0 saturated heterocycles. The Hall–Kier alpha value is -3.08. The second-order valence-electron chi connectivity index (χ2n) is 6.70. The van der Waals surface area contributed by atoms with Gasteiger partial charge in [0, 0.05) is 23.6 Å². The molecule has 5 heteroatoms. The highest BCUT2D eigenvalue weighted by Crippen LogP contribution is 2.29. The maximum Gasteiger partial charge on any atom is 0.222 e. The maximum atomic E-state index is 6.09. The van der Waals surface area contributed by atoms with Crippen LogP contribution in [0, 0.1) is 0 Å². The van der Waals surface area contributed by atoms with Crippen molar-refractivity contribution in [1.82, 2.24) is 14.5 Å². The zero-order valence-corrected chi connectivity index (χ0v) is 14.4. The van der Waals surface area contributed by atoms with Gasteiger partial charge in [0.25, 0.3) is 0 Å². The van der Waals surface area contributed by atoms with Crippen molar-refractivity contribution in [2.75, 3.05) is 11.5 Å². The van der Waals surface area contributed by atoms with E-state index in [9.17, 15) is 0 Å². The summed E-state index contributed by atoms with van der Waals surface area (Å²) < 4.78 is 2.22. The van der Waals surface area contributed by atoms with Crippen LogP contribution in [-0.2, 0) is 6.54 Å². The van der Waals surface area contributed by atoms with E-state index in [1.165, 1.54) is 11.1 Å². The third kappa shape index (κ3) is 2.67. The van der Waals surface area contributed by atoms with Gasteiger partial charge < -0.3 is 16.0 Å². The number of nitrogens with zero attached hydrogens (tertiary/aromatic N) is 3. The van der Waals surface area contributed by atoms with Crippen molar-refractivity contribution in [3.8, 4) is 0 Å². The predicted molar refractivity (Wildman–Crippen MR) is 103 cm³/mol. The summed E-state index contributed by atoms with van der Waals surface area (Å²) in [5, 5.41) is 1.91. The second kappa shape index (κ2) is 5.77. The third-order valence-electron chi connectivity index (χ3n) is 4.66. The molecule has 2 heterocycles. The van der Waals surface area contributed by atoms with E-state index in [2.05, 4.69) is 71.0 Å². The Morgan fingerprint density at radius 3 is 2.44 bits per heavy atom.